The summed E-state index contributed by atoms with van der Waals surface area (Å²) in [4.78, 5) is 19.6. The van der Waals surface area contributed by atoms with Crippen molar-refractivity contribution in [1.82, 2.24) is 14.7 Å². The van der Waals surface area contributed by atoms with Gasteiger partial charge in [0.2, 0.25) is 0 Å². The van der Waals surface area contributed by atoms with Gasteiger partial charge in [0.05, 0.1) is 25.9 Å². The first-order valence-corrected chi connectivity index (χ1v) is 11.5. The van der Waals surface area contributed by atoms with E-state index in [2.05, 4.69) is 9.80 Å². The number of ether oxygens (including phenoxy) is 2. The van der Waals surface area contributed by atoms with Gasteiger partial charge < -0.3 is 14.4 Å². The fourth-order valence-electron chi connectivity index (χ4n) is 4.27. The topological polar surface area (TPSA) is 45.2 Å². The van der Waals surface area contributed by atoms with Crippen LogP contribution in [-0.2, 0) is 16.0 Å². The molecule has 1 amide bonds. The van der Waals surface area contributed by atoms with Crippen LogP contribution in [0.3, 0.4) is 0 Å². The quantitative estimate of drug-likeness (QED) is 0.608. The normalized spacial score (nSPS) is 20.0. The summed E-state index contributed by atoms with van der Waals surface area (Å²) in [6, 6.07) is 12.2. The Morgan fingerprint density at radius 1 is 0.909 bits per heavy atom. The first-order valence-electron chi connectivity index (χ1n) is 11.5. The smallest absolute Gasteiger partial charge is 0.253 e. The first kappa shape index (κ1) is 23.8. The summed E-state index contributed by atoms with van der Waals surface area (Å²) >= 11 is 0. The van der Waals surface area contributed by atoms with Crippen LogP contribution < -0.4 is 0 Å². The van der Waals surface area contributed by atoms with Crippen LogP contribution in [0.1, 0.15) is 15.9 Å². The van der Waals surface area contributed by atoms with Gasteiger partial charge in [-0.25, -0.2) is 8.78 Å². The molecule has 1 unspecified atom stereocenters. The molecule has 0 aromatic heterocycles. The predicted molar refractivity (Wildman–Crippen MR) is 121 cm³/mol. The molecule has 178 valence electrons. The minimum Gasteiger partial charge on any atom is -0.379 e. The lowest BCUT2D eigenvalue weighted by Gasteiger charge is -2.36. The third-order valence-electron chi connectivity index (χ3n) is 6.13. The van der Waals surface area contributed by atoms with Crippen molar-refractivity contribution in [2.45, 2.75) is 12.6 Å². The molecule has 33 heavy (non-hydrogen) atoms. The maximum atomic E-state index is 13.4. The molecule has 8 heteroatoms. The van der Waals surface area contributed by atoms with E-state index < -0.39 is 0 Å². The molecule has 2 aliphatic rings. The van der Waals surface area contributed by atoms with Crippen LogP contribution in [0.2, 0.25) is 0 Å². The summed E-state index contributed by atoms with van der Waals surface area (Å²) in [7, 11) is 0. The third-order valence-corrected chi connectivity index (χ3v) is 6.13. The summed E-state index contributed by atoms with van der Waals surface area (Å²) in [6.45, 7) is 7.64. The number of halogens is 2. The lowest BCUT2D eigenvalue weighted by atomic mass is 10.1. The van der Waals surface area contributed by atoms with E-state index in [9.17, 15) is 13.6 Å². The molecule has 0 saturated carbocycles. The Morgan fingerprint density at radius 3 is 2.24 bits per heavy atom. The van der Waals surface area contributed by atoms with Crippen molar-refractivity contribution in [3.8, 4) is 0 Å². The zero-order chi connectivity index (χ0) is 23.0. The standard InChI is InChI=1S/C25H31F2N3O3/c26-22-5-1-20(2-6-22)17-29-13-16-33-24(18-29)19-30(10-9-28-11-14-32-15-12-28)25(31)21-3-7-23(27)8-4-21/h1-8,24H,9-19H2. The molecular formula is C25H31F2N3O3. The van der Waals surface area contributed by atoms with E-state index in [0.29, 0.717) is 51.6 Å². The average molecular weight is 460 g/mol. The van der Waals surface area contributed by atoms with E-state index in [1.807, 2.05) is 4.90 Å². The van der Waals surface area contributed by atoms with Gasteiger partial charge >= 0.3 is 0 Å². The minimum absolute atomic E-state index is 0.123. The molecule has 0 aliphatic carbocycles. The molecule has 0 spiro atoms. The van der Waals surface area contributed by atoms with Gasteiger partial charge in [-0.2, -0.15) is 0 Å². The number of hydrogen-bond donors (Lipinski definition) is 0. The van der Waals surface area contributed by atoms with E-state index in [1.165, 1.54) is 36.4 Å². The zero-order valence-electron chi connectivity index (χ0n) is 18.8. The van der Waals surface area contributed by atoms with E-state index in [1.54, 1.807) is 12.1 Å². The van der Waals surface area contributed by atoms with Crippen molar-refractivity contribution in [3.05, 3.63) is 71.3 Å². The Hall–Kier alpha value is -2.39. The van der Waals surface area contributed by atoms with Crippen molar-refractivity contribution < 1.29 is 23.0 Å². The summed E-state index contributed by atoms with van der Waals surface area (Å²) in [6.07, 6.45) is -0.131. The Balaban J connectivity index is 1.39. The number of hydrogen-bond acceptors (Lipinski definition) is 5. The number of carbonyl (C=O) groups is 1. The maximum absolute atomic E-state index is 13.4. The summed E-state index contributed by atoms with van der Waals surface area (Å²) in [5.74, 6) is -0.727. The van der Waals surface area contributed by atoms with Crippen molar-refractivity contribution in [2.24, 2.45) is 0 Å². The Bertz CT molecular complexity index is 889. The summed E-state index contributed by atoms with van der Waals surface area (Å²) in [5.41, 5.74) is 1.51. The lowest BCUT2D eigenvalue weighted by molar-refractivity contribution is -0.0443. The number of amides is 1. The van der Waals surface area contributed by atoms with Crippen LogP contribution in [-0.4, -0.2) is 92.3 Å². The largest absolute Gasteiger partial charge is 0.379 e. The second-order valence-corrected chi connectivity index (χ2v) is 8.57. The highest BCUT2D eigenvalue weighted by Crippen LogP contribution is 2.15. The number of benzene rings is 2. The van der Waals surface area contributed by atoms with Gasteiger partial charge in [0, 0.05) is 57.9 Å². The fraction of sp³-hybridized carbons (Fsp3) is 0.480. The van der Waals surface area contributed by atoms with Gasteiger partial charge in [0.25, 0.3) is 5.91 Å². The molecule has 0 N–H and O–H groups in total. The second-order valence-electron chi connectivity index (χ2n) is 8.57. The molecule has 1 atom stereocenters. The van der Waals surface area contributed by atoms with E-state index in [4.69, 9.17) is 9.47 Å². The highest BCUT2D eigenvalue weighted by Gasteiger charge is 2.26. The predicted octanol–water partition coefficient (Wildman–Crippen LogP) is 2.64. The molecule has 4 rings (SSSR count). The van der Waals surface area contributed by atoms with Crippen LogP contribution in [0.4, 0.5) is 8.78 Å². The second kappa shape index (κ2) is 11.7. The summed E-state index contributed by atoms with van der Waals surface area (Å²) < 4.78 is 38.0. The minimum atomic E-state index is -0.363. The van der Waals surface area contributed by atoms with Gasteiger partial charge in [-0.05, 0) is 42.0 Å². The van der Waals surface area contributed by atoms with Gasteiger partial charge in [-0.3, -0.25) is 14.6 Å². The molecule has 2 aliphatic heterocycles. The fourth-order valence-corrected chi connectivity index (χ4v) is 4.27. The molecular weight excluding hydrogens is 428 g/mol. The van der Waals surface area contributed by atoms with Crippen LogP contribution in [0.15, 0.2) is 48.5 Å². The lowest BCUT2D eigenvalue weighted by Crippen LogP contribution is -2.50. The maximum Gasteiger partial charge on any atom is 0.253 e. The summed E-state index contributed by atoms with van der Waals surface area (Å²) in [5, 5.41) is 0. The molecule has 2 fully saturated rings. The highest BCUT2D eigenvalue weighted by molar-refractivity contribution is 5.94. The van der Waals surface area contributed by atoms with Gasteiger partial charge in [-0.15, -0.1) is 0 Å². The van der Waals surface area contributed by atoms with E-state index in [0.717, 1.165) is 31.7 Å². The van der Waals surface area contributed by atoms with Crippen LogP contribution in [0.5, 0.6) is 0 Å². The Labute approximate surface area is 193 Å². The Morgan fingerprint density at radius 2 is 1.55 bits per heavy atom. The van der Waals surface area contributed by atoms with E-state index in [-0.39, 0.29) is 23.6 Å². The monoisotopic (exact) mass is 459 g/mol. The van der Waals surface area contributed by atoms with E-state index >= 15 is 0 Å². The van der Waals surface area contributed by atoms with Gasteiger partial charge in [0.1, 0.15) is 11.6 Å². The number of morpholine rings is 2. The molecule has 0 bridgehead atoms. The Kier molecular flexibility index (Phi) is 8.39. The number of nitrogens with zero attached hydrogens (tertiary/aromatic N) is 3. The molecule has 0 radical (unpaired) electrons. The molecule has 2 aromatic carbocycles. The van der Waals surface area contributed by atoms with Gasteiger partial charge in [-0.1, -0.05) is 12.1 Å². The van der Waals surface area contributed by atoms with Crippen molar-refractivity contribution >= 4 is 5.91 Å². The SMILES string of the molecule is O=C(c1ccc(F)cc1)N(CCN1CCOCC1)CC1CN(Cc2ccc(F)cc2)CCO1. The molecule has 6 nitrogen and oxygen atoms in total. The molecule has 2 aromatic rings. The van der Waals surface area contributed by atoms with Crippen molar-refractivity contribution in [3.63, 3.8) is 0 Å². The molecule has 2 heterocycles. The van der Waals surface area contributed by atoms with Crippen molar-refractivity contribution in [2.75, 3.05) is 65.6 Å². The van der Waals surface area contributed by atoms with Crippen molar-refractivity contribution in [1.29, 1.82) is 0 Å². The first-order chi connectivity index (χ1) is 16.1. The zero-order valence-corrected chi connectivity index (χ0v) is 18.8. The number of carbonyl (C=O) groups excluding carboxylic acids is 1. The molecule has 2 saturated heterocycles. The van der Waals surface area contributed by atoms with Crippen LogP contribution in [0, 0.1) is 11.6 Å². The average Bonchev–Trinajstić information content (AvgIpc) is 2.84. The van der Waals surface area contributed by atoms with Crippen LogP contribution in [0.25, 0.3) is 0 Å². The third kappa shape index (κ3) is 7.04. The number of rotatable bonds is 8. The highest BCUT2D eigenvalue weighted by atomic mass is 19.1. The van der Waals surface area contributed by atoms with Crippen LogP contribution >= 0.6 is 0 Å². The van der Waals surface area contributed by atoms with Gasteiger partial charge in [0.15, 0.2) is 0 Å².